The monoisotopic (exact) mass is 370 g/mol. The van der Waals surface area contributed by atoms with E-state index in [-0.39, 0.29) is 11.3 Å². The molecular formula is C22H14N2O2S. The first-order valence-electron chi connectivity index (χ1n) is 8.59. The fraction of sp³-hybridized carbons (Fsp3) is 0.0455. The first-order valence-corrected chi connectivity index (χ1v) is 9.40. The van der Waals surface area contributed by atoms with Crippen LogP contribution in [0.3, 0.4) is 0 Å². The molecule has 0 unspecified atom stereocenters. The number of carbonyl (C=O) groups is 1. The number of benzene rings is 3. The topological polar surface area (TPSA) is 49.7 Å². The number of rotatable bonds is 1. The molecule has 27 heavy (non-hydrogen) atoms. The molecular weight excluding hydrogens is 356 g/mol. The number of amides is 1. The third-order valence-electron chi connectivity index (χ3n) is 4.78. The molecule has 5 heteroatoms. The third kappa shape index (κ3) is 2.32. The molecule has 1 amide bonds. The van der Waals surface area contributed by atoms with Crippen molar-refractivity contribution in [3.63, 3.8) is 0 Å². The molecule has 130 valence electrons. The Hall–Kier alpha value is -3.31. The van der Waals surface area contributed by atoms with Crippen LogP contribution in [0.25, 0.3) is 26.4 Å². The zero-order valence-electron chi connectivity index (χ0n) is 14.5. The summed E-state index contributed by atoms with van der Waals surface area (Å²) >= 11 is 1.36. The Balaban J connectivity index is 1.84. The molecule has 2 heterocycles. The standard InChI is InChI=1S/C22H14N2O2S/c1-13-18(22(26)24(23-13)15-9-3-2-4-10-15)21-20(25)16-11-5-7-14-8-6-12-17(27-21)19(14)16/h2-12H,1H3. The lowest BCUT2D eigenvalue weighted by Crippen LogP contribution is -2.31. The van der Waals surface area contributed by atoms with Crippen LogP contribution in [0.4, 0.5) is 5.69 Å². The number of hydrogen-bond acceptors (Lipinski definition) is 4. The highest BCUT2D eigenvalue weighted by Crippen LogP contribution is 2.27. The van der Waals surface area contributed by atoms with E-state index in [4.69, 9.17) is 0 Å². The molecule has 4 nitrogen and oxygen atoms in total. The minimum Gasteiger partial charge on any atom is -0.288 e. The second kappa shape index (κ2) is 5.86. The van der Waals surface area contributed by atoms with Crippen LogP contribution in [0.2, 0.25) is 0 Å². The maximum absolute atomic E-state index is 13.2. The van der Waals surface area contributed by atoms with Crippen LogP contribution in [-0.2, 0) is 4.79 Å². The number of anilines is 1. The Morgan fingerprint density at radius 2 is 1.63 bits per heavy atom. The highest BCUT2D eigenvalue weighted by molar-refractivity contribution is 7.17. The van der Waals surface area contributed by atoms with Gasteiger partial charge in [-0.3, -0.25) is 9.59 Å². The lowest BCUT2D eigenvalue weighted by molar-refractivity contribution is -0.112. The lowest BCUT2D eigenvalue weighted by atomic mass is 10.1. The van der Waals surface area contributed by atoms with Crippen molar-refractivity contribution in [1.29, 1.82) is 0 Å². The maximum atomic E-state index is 13.2. The second-order valence-corrected chi connectivity index (χ2v) is 7.49. The van der Waals surface area contributed by atoms with Gasteiger partial charge in [0, 0.05) is 15.5 Å². The Bertz CT molecular complexity index is 1360. The second-order valence-electron chi connectivity index (χ2n) is 6.43. The predicted molar refractivity (Wildman–Crippen MR) is 111 cm³/mol. The van der Waals surface area contributed by atoms with Crippen LogP contribution >= 0.6 is 11.3 Å². The van der Waals surface area contributed by atoms with Gasteiger partial charge >= 0.3 is 0 Å². The van der Waals surface area contributed by atoms with Crippen LogP contribution in [0.5, 0.6) is 0 Å². The van der Waals surface area contributed by atoms with E-state index in [2.05, 4.69) is 5.10 Å². The summed E-state index contributed by atoms with van der Waals surface area (Å²) < 4.78 is 1.44. The molecule has 4 aromatic rings. The molecule has 0 N–H and O–H groups in total. The fourth-order valence-corrected chi connectivity index (χ4v) is 4.77. The molecule has 0 saturated heterocycles. The first kappa shape index (κ1) is 15.9. The van der Waals surface area contributed by atoms with Gasteiger partial charge in [-0.05, 0) is 30.5 Å². The number of nitrogens with zero attached hydrogens (tertiary/aromatic N) is 2. The summed E-state index contributed by atoms with van der Waals surface area (Å²) in [5.74, 6) is -0.263. The average Bonchev–Trinajstić information content (AvgIpc) is 2.99. The zero-order valence-corrected chi connectivity index (χ0v) is 15.3. The van der Waals surface area contributed by atoms with Gasteiger partial charge in [-0.2, -0.15) is 10.1 Å². The van der Waals surface area contributed by atoms with Crippen molar-refractivity contribution in [1.82, 2.24) is 0 Å². The Morgan fingerprint density at radius 3 is 2.41 bits per heavy atom. The summed E-state index contributed by atoms with van der Waals surface area (Å²) in [4.78, 5) is 26.3. The predicted octanol–water partition coefficient (Wildman–Crippen LogP) is 3.71. The Labute approximate surface area is 158 Å². The van der Waals surface area contributed by atoms with Gasteiger partial charge in [-0.15, -0.1) is 11.3 Å². The smallest absolute Gasteiger partial charge is 0.282 e. The van der Waals surface area contributed by atoms with Gasteiger partial charge < -0.3 is 0 Å². The summed E-state index contributed by atoms with van der Waals surface area (Å²) in [6.07, 6.45) is 0. The van der Waals surface area contributed by atoms with E-state index in [0.717, 1.165) is 15.5 Å². The minimum absolute atomic E-state index is 0.114. The summed E-state index contributed by atoms with van der Waals surface area (Å²) in [6, 6.07) is 20.9. The first-order chi connectivity index (χ1) is 13.1. The van der Waals surface area contributed by atoms with E-state index in [0.29, 0.717) is 26.9 Å². The minimum atomic E-state index is -0.263. The molecule has 1 aliphatic heterocycles. The van der Waals surface area contributed by atoms with Gasteiger partial charge in [0.25, 0.3) is 5.91 Å². The van der Waals surface area contributed by atoms with Crippen molar-refractivity contribution in [2.75, 3.05) is 5.01 Å². The molecule has 1 aliphatic rings. The van der Waals surface area contributed by atoms with E-state index in [9.17, 15) is 9.59 Å². The van der Waals surface area contributed by atoms with Crippen molar-refractivity contribution >= 4 is 55.1 Å². The molecule has 0 atom stereocenters. The molecule has 0 aliphatic carbocycles. The van der Waals surface area contributed by atoms with Crippen LogP contribution in [0, 0.1) is 0 Å². The highest BCUT2D eigenvalue weighted by atomic mass is 32.1. The molecule has 0 spiro atoms. The average molecular weight is 370 g/mol. The SMILES string of the molecule is CC1=NN(c2ccccc2)C(=O)C1=c1sc2cccc3cccc(c1=O)c32. The van der Waals surface area contributed by atoms with Gasteiger partial charge in [-0.1, -0.05) is 48.5 Å². The van der Waals surface area contributed by atoms with Gasteiger partial charge in [0.1, 0.15) is 0 Å². The fourth-order valence-electron chi connectivity index (χ4n) is 3.54. The normalized spacial score (nSPS) is 16.4. The molecule has 0 radical (unpaired) electrons. The summed E-state index contributed by atoms with van der Waals surface area (Å²) in [7, 11) is 0. The van der Waals surface area contributed by atoms with Crippen LogP contribution in [-0.4, -0.2) is 11.6 Å². The van der Waals surface area contributed by atoms with E-state index in [1.165, 1.54) is 16.3 Å². The van der Waals surface area contributed by atoms with Gasteiger partial charge in [0.15, 0.2) is 0 Å². The molecule has 0 bridgehead atoms. The lowest BCUT2D eigenvalue weighted by Gasteiger charge is -2.11. The van der Waals surface area contributed by atoms with Crippen LogP contribution in [0.15, 0.2) is 76.6 Å². The third-order valence-corrected chi connectivity index (χ3v) is 5.93. The highest BCUT2D eigenvalue weighted by Gasteiger charge is 2.30. The molecule has 0 saturated carbocycles. The van der Waals surface area contributed by atoms with Crippen molar-refractivity contribution in [2.45, 2.75) is 6.92 Å². The Kier molecular flexibility index (Phi) is 3.45. The summed E-state index contributed by atoms with van der Waals surface area (Å²) in [6.45, 7) is 1.78. The molecule has 3 aromatic carbocycles. The van der Waals surface area contributed by atoms with Gasteiger partial charge in [-0.25, -0.2) is 0 Å². The molecule has 0 fully saturated rings. The van der Waals surface area contributed by atoms with E-state index in [1.807, 2.05) is 66.7 Å². The largest absolute Gasteiger partial charge is 0.288 e. The van der Waals surface area contributed by atoms with Gasteiger partial charge in [0.05, 0.1) is 21.5 Å². The maximum Gasteiger partial charge on any atom is 0.282 e. The van der Waals surface area contributed by atoms with Crippen molar-refractivity contribution < 1.29 is 4.79 Å². The van der Waals surface area contributed by atoms with Gasteiger partial charge in [0.2, 0.25) is 5.43 Å². The van der Waals surface area contributed by atoms with E-state index < -0.39 is 0 Å². The van der Waals surface area contributed by atoms with Crippen LogP contribution in [0.1, 0.15) is 6.92 Å². The molecule has 1 aromatic heterocycles. The van der Waals surface area contributed by atoms with E-state index >= 15 is 0 Å². The number of hydrogen-bond donors (Lipinski definition) is 0. The summed E-state index contributed by atoms with van der Waals surface area (Å²) in [5.41, 5.74) is 1.52. The van der Waals surface area contributed by atoms with Crippen molar-refractivity contribution in [2.24, 2.45) is 5.10 Å². The van der Waals surface area contributed by atoms with Crippen molar-refractivity contribution in [3.05, 3.63) is 81.5 Å². The van der Waals surface area contributed by atoms with Crippen LogP contribution < -0.4 is 15.0 Å². The molecule has 5 rings (SSSR count). The van der Waals surface area contributed by atoms with Crippen molar-refractivity contribution in [3.8, 4) is 0 Å². The number of hydrazone groups is 1. The zero-order chi connectivity index (χ0) is 18.5. The van der Waals surface area contributed by atoms with E-state index in [1.54, 1.807) is 6.92 Å². The summed E-state index contributed by atoms with van der Waals surface area (Å²) in [5, 5.41) is 8.41. The number of para-hydroxylation sites is 1. The number of carbonyl (C=O) groups excluding carboxylic acids is 1. The quantitative estimate of drug-likeness (QED) is 0.513. The Morgan fingerprint density at radius 1 is 0.889 bits per heavy atom.